The summed E-state index contributed by atoms with van der Waals surface area (Å²) in [6.45, 7) is -0.371. The minimum absolute atomic E-state index is 0.113. The average Bonchev–Trinajstić information content (AvgIpc) is 2.76. The molecular formula is C23H20F3N3O2S. The summed E-state index contributed by atoms with van der Waals surface area (Å²) in [6, 6.07) is 18.7. The molecule has 166 valence electrons. The maximum Gasteiger partial charge on any atom is 0.238 e. The number of hydrogen-bond donors (Lipinski definition) is 2. The first-order valence-electron chi connectivity index (χ1n) is 9.57. The SMILES string of the molecule is CN(CC(=O)Nc1ccccc1Sc1ccccc1)CC(=O)Nc1ccc(F)c(F)c1F. The van der Waals surface area contributed by atoms with Gasteiger partial charge in [-0.3, -0.25) is 14.5 Å². The van der Waals surface area contributed by atoms with Crippen LogP contribution in [-0.4, -0.2) is 36.9 Å². The molecule has 0 aliphatic heterocycles. The van der Waals surface area contributed by atoms with Crippen molar-refractivity contribution in [1.29, 1.82) is 0 Å². The molecule has 0 saturated heterocycles. The summed E-state index contributed by atoms with van der Waals surface area (Å²) in [7, 11) is 1.53. The van der Waals surface area contributed by atoms with Crippen LogP contribution in [0, 0.1) is 17.5 Å². The summed E-state index contributed by atoms with van der Waals surface area (Å²) in [5.41, 5.74) is 0.159. The maximum atomic E-state index is 13.7. The van der Waals surface area contributed by atoms with E-state index < -0.39 is 29.0 Å². The number of para-hydroxylation sites is 1. The molecule has 2 amide bonds. The van der Waals surface area contributed by atoms with Gasteiger partial charge in [-0.1, -0.05) is 42.1 Å². The summed E-state index contributed by atoms with van der Waals surface area (Å²) in [5, 5.41) is 4.99. The molecule has 0 radical (unpaired) electrons. The van der Waals surface area contributed by atoms with E-state index in [-0.39, 0.29) is 19.0 Å². The van der Waals surface area contributed by atoms with E-state index in [0.717, 1.165) is 21.9 Å². The number of rotatable bonds is 8. The monoisotopic (exact) mass is 459 g/mol. The van der Waals surface area contributed by atoms with Gasteiger partial charge in [0, 0.05) is 9.79 Å². The molecule has 0 atom stereocenters. The highest BCUT2D eigenvalue weighted by Crippen LogP contribution is 2.33. The maximum absolute atomic E-state index is 13.7. The van der Waals surface area contributed by atoms with Gasteiger partial charge in [-0.15, -0.1) is 0 Å². The van der Waals surface area contributed by atoms with E-state index in [9.17, 15) is 22.8 Å². The number of nitrogens with one attached hydrogen (secondary N) is 2. The van der Waals surface area contributed by atoms with Gasteiger partial charge < -0.3 is 10.6 Å². The van der Waals surface area contributed by atoms with Crippen molar-refractivity contribution in [3.05, 3.63) is 84.2 Å². The number of carbonyl (C=O) groups excluding carboxylic acids is 2. The van der Waals surface area contributed by atoms with Crippen molar-refractivity contribution >= 4 is 35.0 Å². The van der Waals surface area contributed by atoms with Gasteiger partial charge in [0.05, 0.1) is 24.5 Å². The molecule has 0 aliphatic rings. The Morgan fingerprint density at radius 2 is 1.38 bits per heavy atom. The topological polar surface area (TPSA) is 61.4 Å². The van der Waals surface area contributed by atoms with Crippen LogP contribution in [-0.2, 0) is 9.59 Å². The number of hydrogen-bond acceptors (Lipinski definition) is 4. The standard InChI is InChI=1S/C23H20F3N3O2S/c1-29(14-21(31)28-18-12-11-16(24)22(25)23(18)26)13-20(30)27-17-9-5-6-10-19(17)32-15-7-3-2-4-8-15/h2-12H,13-14H2,1H3,(H,27,30)(H,28,31). The Morgan fingerprint density at radius 1 is 0.781 bits per heavy atom. The minimum atomic E-state index is -1.66. The fourth-order valence-corrected chi connectivity index (χ4v) is 3.75. The smallest absolute Gasteiger partial charge is 0.238 e. The Kier molecular flexibility index (Phi) is 7.91. The first kappa shape index (κ1) is 23.4. The molecule has 0 aromatic heterocycles. The second-order valence-electron chi connectivity index (χ2n) is 6.90. The molecule has 9 heteroatoms. The molecule has 2 N–H and O–H groups in total. The Hall–Kier alpha value is -3.30. The van der Waals surface area contributed by atoms with Crippen molar-refractivity contribution in [2.24, 2.45) is 0 Å². The fraction of sp³-hybridized carbons (Fsp3) is 0.130. The molecule has 0 spiro atoms. The van der Waals surface area contributed by atoms with Gasteiger partial charge >= 0.3 is 0 Å². The van der Waals surface area contributed by atoms with E-state index in [0.29, 0.717) is 5.69 Å². The Balaban J connectivity index is 1.55. The fourth-order valence-electron chi connectivity index (χ4n) is 2.82. The van der Waals surface area contributed by atoms with E-state index in [4.69, 9.17) is 0 Å². The predicted octanol–water partition coefficient (Wildman–Crippen LogP) is 4.76. The molecule has 0 unspecified atom stereocenters. The van der Waals surface area contributed by atoms with E-state index in [1.807, 2.05) is 42.5 Å². The molecule has 3 rings (SSSR count). The van der Waals surface area contributed by atoms with Crippen LogP contribution in [0.5, 0.6) is 0 Å². The number of anilines is 2. The number of carbonyl (C=O) groups is 2. The van der Waals surface area contributed by atoms with E-state index in [1.165, 1.54) is 23.7 Å². The van der Waals surface area contributed by atoms with Crippen molar-refractivity contribution in [2.75, 3.05) is 30.8 Å². The van der Waals surface area contributed by atoms with Crippen LogP contribution in [0.1, 0.15) is 0 Å². The molecule has 3 aromatic carbocycles. The van der Waals surface area contributed by atoms with Crippen LogP contribution in [0.25, 0.3) is 0 Å². The Labute approximate surface area is 187 Å². The van der Waals surface area contributed by atoms with Crippen LogP contribution in [0.15, 0.2) is 76.5 Å². The van der Waals surface area contributed by atoms with Gasteiger partial charge in [0.25, 0.3) is 0 Å². The van der Waals surface area contributed by atoms with Gasteiger partial charge in [-0.2, -0.15) is 0 Å². The van der Waals surface area contributed by atoms with Crippen LogP contribution in [0.4, 0.5) is 24.5 Å². The summed E-state index contributed by atoms with van der Waals surface area (Å²) in [5.74, 6) is -5.51. The molecule has 0 saturated carbocycles. The normalized spacial score (nSPS) is 10.8. The number of benzene rings is 3. The zero-order valence-electron chi connectivity index (χ0n) is 17.1. The summed E-state index contributed by atoms with van der Waals surface area (Å²) in [6.07, 6.45) is 0. The highest BCUT2D eigenvalue weighted by Gasteiger charge is 2.17. The summed E-state index contributed by atoms with van der Waals surface area (Å²) < 4.78 is 40.0. The van der Waals surface area contributed by atoms with Crippen LogP contribution < -0.4 is 10.6 Å². The zero-order valence-corrected chi connectivity index (χ0v) is 17.9. The van der Waals surface area contributed by atoms with E-state index in [2.05, 4.69) is 10.6 Å². The average molecular weight is 459 g/mol. The highest BCUT2D eigenvalue weighted by atomic mass is 32.2. The second-order valence-corrected chi connectivity index (χ2v) is 8.02. The minimum Gasteiger partial charge on any atom is -0.324 e. The van der Waals surface area contributed by atoms with Crippen LogP contribution in [0.3, 0.4) is 0 Å². The second kappa shape index (κ2) is 10.8. The molecule has 32 heavy (non-hydrogen) atoms. The number of amides is 2. The largest absolute Gasteiger partial charge is 0.324 e. The Morgan fingerprint density at radius 3 is 2.06 bits per heavy atom. The van der Waals surface area contributed by atoms with Gasteiger partial charge in [-0.05, 0) is 43.4 Å². The molecule has 0 bridgehead atoms. The first-order chi connectivity index (χ1) is 15.3. The predicted molar refractivity (Wildman–Crippen MR) is 118 cm³/mol. The van der Waals surface area contributed by atoms with Crippen LogP contribution >= 0.6 is 11.8 Å². The van der Waals surface area contributed by atoms with Gasteiger partial charge in [-0.25, -0.2) is 13.2 Å². The van der Waals surface area contributed by atoms with Gasteiger partial charge in [0.15, 0.2) is 17.5 Å². The first-order valence-corrected chi connectivity index (χ1v) is 10.4. The third kappa shape index (κ3) is 6.35. The molecule has 5 nitrogen and oxygen atoms in total. The van der Waals surface area contributed by atoms with E-state index >= 15 is 0 Å². The Bertz CT molecular complexity index is 1110. The quantitative estimate of drug-likeness (QED) is 0.477. The molecular weight excluding hydrogens is 439 g/mol. The lowest BCUT2D eigenvalue weighted by atomic mass is 10.2. The number of nitrogens with zero attached hydrogens (tertiary/aromatic N) is 1. The van der Waals surface area contributed by atoms with Crippen LogP contribution in [0.2, 0.25) is 0 Å². The summed E-state index contributed by atoms with van der Waals surface area (Å²) >= 11 is 1.51. The van der Waals surface area contributed by atoms with Crippen molar-refractivity contribution < 1.29 is 22.8 Å². The lowest BCUT2D eigenvalue weighted by Gasteiger charge is -2.17. The lowest BCUT2D eigenvalue weighted by Crippen LogP contribution is -2.36. The number of halogens is 3. The van der Waals surface area contributed by atoms with Gasteiger partial charge in [0.2, 0.25) is 11.8 Å². The molecule has 3 aromatic rings. The number of likely N-dealkylation sites (N-methyl/N-ethyl adjacent to an activating group) is 1. The zero-order chi connectivity index (χ0) is 23.1. The molecule has 0 aliphatic carbocycles. The van der Waals surface area contributed by atoms with Gasteiger partial charge in [0.1, 0.15) is 0 Å². The summed E-state index contributed by atoms with van der Waals surface area (Å²) in [4.78, 5) is 27.9. The lowest BCUT2D eigenvalue weighted by molar-refractivity contribution is -0.119. The van der Waals surface area contributed by atoms with Crippen molar-refractivity contribution in [3.63, 3.8) is 0 Å². The molecule has 0 fully saturated rings. The molecule has 0 heterocycles. The van der Waals surface area contributed by atoms with Crippen molar-refractivity contribution in [1.82, 2.24) is 4.90 Å². The van der Waals surface area contributed by atoms with E-state index in [1.54, 1.807) is 12.1 Å². The van der Waals surface area contributed by atoms with Crippen molar-refractivity contribution in [3.8, 4) is 0 Å². The highest BCUT2D eigenvalue weighted by molar-refractivity contribution is 7.99. The van der Waals surface area contributed by atoms with Crippen molar-refractivity contribution in [2.45, 2.75) is 9.79 Å². The third-order valence-electron chi connectivity index (χ3n) is 4.27. The third-order valence-corrected chi connectivity index (χ3v) is 5.35.